The number of nitrogens with zero attached hydrogens (tertiary/aromatic N) is 2. The first-order chi connectivity index (χ1) is 16.2. The fourth-order valence-corrected chi connectivity index (χ4v) is 3.62. The molecule has 0 spiro atoms. The summed E-state index contributed by atoms with van der Waals surface area (Å²) in [5.74, 6) is 0.331. The molecule has 0 aliphatic heterocycles. The molecule has 0 radical (unpaired) electrons. The Hall–Kier alpha value is -4.00. The van der Waals surface area contributed by atoms with Crippen LogP contribution in [-0.4, -0.2) is 27.4 Å². The maximum absolute atomic E-state index is 13.4. The van der Waals surface area contributed by atoms with Gasteiger partial charge in [0.25, 0.3) is 11.8 Å². The molecule has 0 saturated carbocycles. The molecule has 34 heavy (non-hydrogen) atoms. The number of fused-ring (bicyclic) bond motifs is 1. The number of hydrogen-bond donors (Lipinski definition) is 2. The van der Waals surface area contributed by atoms with E-state index in [2.05, 4.69) is 29.5 Å². The summed E-state index contributed by atoms with van der Waals surface area (Å²) in [6.07, 6.45) is 0. The first-order valence-electron chi connectivity index (χ1n) is 11.2. The highest BCUT2D eigenvalue weighted by Crippen LogP contribution is 2.23. The highest BCUT2D eigenvalue weighted by atomic mass is 19.1. The van der Waals surface area contributed by atoms with Gasteiger partial charge in [0, 0.05) is 28.5 Å². The lowest BCUT2D eigenvalue weighted by Gasteiger charge is -2.17. The largest absolute Gasteiger partial charge is 0.349 e. The van der Waals surface area contributed by atoms with E-state index in [9.17, 15) is 14.0 Å². The number of aryl methyl sites for hydroxylation is 1. The number of carbonyl (C=O) groups excluding carboxylic acids is 2. The van der Waals surface area contributed by atoms with Crippen LogP contribution in [0.2, 0.25) is 0 Å². The second kappa shape index (κ2) is 9.47. The van der Waals surface area contributed by atoms with Crippen LogP contribution in [0.15, 0.2) is 66.7 Å². The van der Waals surface area contributed by atoms with Gasteiger partial charge in [-0.3, -0.25) is 14.2 Å². The van der Waals surface area contributed by atoms with Gasteiger partial charge >= 0.3 is 0 Å². The van der Waals surface area contributed by atoms with E-state index in [1.165, 1.54) is 12.1 Å². The third-order valence-corrected chi connectivity index (χ3v) is 5.93. The molecule has 0 aliphatic rings. The molecule has 1 heterocycles. The zero-order chi connectivity index (χ0) is 24.4. The topological polar surface area (TPSA) is 76.0 Å². The van der Waals surface area contributed by atoms with E-state index in [1.807, 2.05) is 18.4 Å². The van der Waals surface area contributed by atoms with Crippen LogP contribution in [0.1, 0.15) is 47.3 Å². The molecule has 2 amide bonds. The quantitative estimate of drug-likeness (QED) is 0.401. The fourth-order valence-electron chi connectivity index (χ4n) is 3.62. The average Bonchev–Trinajstić information content (AvgIpc) is 3.14. The second-order valence-electron chi connectivity index (χ2n) is 8.71. The molecule has 1 atom stereocenters. The SMILES string of the molecule is Cc1nc2ccc(C(=O)Nc3ccc(C(=O)NC(C)C(C)C)cc3)cc2n1-c1ccc(F)cc1. The summed E-state index contributed by atoms with van der Waals surface area (Å²) in [6.45, 7) is 7.93. The van der Waals surface area contributed by atoms with Crippen LogP contribution < -0.4 is 10.6 Å². The number of carbonyl (C=O) groups is 2. The van der Waals surface area contributed by atoms with E-state index in [4.69, 9.17) is 0 Å². The fraction of sp³-hybridized carbons (Fsp3) is 0.222. The lowest BCUT2D eigenvalue weighted by Crippen LogP contribution is -2.36. The molecular weight excluding hydrogens is 431 g/mol. The lowest BCUT2D eigenvalue weighted by atomic mass is 10.1. The first kappa shape index (κ1) is 23.2. The van der Waals surface area contributed by atoms with Crippen molar-refractivity contribution in [3.05, 3.63) is 89.5 Å². The number of imidazole rings is 1. The van der Waals surface area contributed by atoms with Gasteiger partial charge < -0.3 is 10.6 Å². The van der Waals surface area contributed by atoms with E-state index in [1.54, 1.807) is 54.6 Å². The maximum Gasteiger partial charge on any atom is 0.255 e. The van der Waals surface area contributed by atoms with Gasteiger partial charge in [0.2, 0.25) is 0 Å². The number of amides is 2. The van der Waals surface area contributed by atoms with Crippen molar-refractivity contribution >= 4 is 28.5 Å². The summed E-state index contributed by atoms with van der Waals surface area (Å²) in [6, 6.07) is 18.3. The number of halogens is 1. The molecule has 0 bridgehead atoms. The Morgan fingerprint density at radius 1 is 0.882 bits per heavy atom. The number of nitrogens with one attached hydrogen (secondary N) is 2. The van der Waals surface area contributed by atoms with Gasteiger partial charge in [-0.1, -0.05) is 13.8 Å². The molecule has 0 aliphatic carbocycles. The van der Waals surface area contributed by atoms with Gasteiger partial charge in [-0.05, 0) is 86.5 Å². The van der Waals surface area contributed by atoms with Gasteiger partial charge in [0.1, 0.15) is 11.6 Å². The Bertz CT molecular complexity index is 1340. The second-order valence-corrected chi connectivity index (χ2v) is 8.71. The van der Waals surface area contributed by atoms with Crippen molar-refractivity contribution in [3.8, 4) is 5.69 Å². The minimum absolute atomic E-state index is 0.0637. The zero-order valence-corrected chi connectivity index (χ0v) is 19.6. The predicted octanol–water partition coefficient (Wildman–Crippen LogP) is 5.50. The Morgan fingerprint density at radius 2 is 1.53 bits per heavy atom. The Balaban J connectivity index is 1.54. The van der Waals surface area contributed by atoms with Crippen LogP contribution in [0, 0.1) is 18.7 Å². The van der Waals surface area contributed by atoms with Crippen LogP contribution in [0.25, 0.3) is 16.7 Å². The van der Waals surface area contributed by atoms with Crippen molar-refractivity contribution in [3.63, 3.8) is 0 Å². The van der Waals surface area contributed by atoms with Crippen LogP contribution in [0.4, 0.5) is 10.1 Å². The normalized spacial score (nSPS) is 12.1. The average molecular weight is 459 g/mol. The molecule has 0 fully saturated rings. The predicted molar refractivity (Wildman–Crippen MR) is 132 cm³/mol. The Kier molecular flexibility index (Phi) is 6.45. The number of rotatable bonds is 6. The smallest absolute Gasteiger partial charge is 0.255 e. The van der Waals surface area contributed by atoms with Crippen molar-refractivity contribution in [2.24, 2.45) is 5.92 Å². The zero-order valence-electron chi connectivity index (χ0n) is 19.6. The molecule has 0 saturated heterocycles. The van der Waals surface area contributed by atoms with E-state index in [0.717, 1.165) is 22.5 Å². The van der Waals surface area contributed by atoms with Crippen LogP contribution in [0.5, 0.6) is 0 Å². The molecular formula is C27H27FN4O2. The van der Waals surface area contributed by atoms with E-state index >= 15 is 0 Å². The standard InChI is InChI=1S/C27H27FN4O2/c1-16(2)17(3)29-26(33)19-5-10-22(11-6-19)31-27(34)20-7-14-24-25(15-20)32(18(4)30-24)23-12-8-21(28)9-13-23/h5-17H,1-4H3,(H,29,33)(H,31,34). The van der Waals surface area contributed by atoms with Crippen molar-refractivity contribution < 1.29 is 14.0 Å². The Labute approximate surface area is 197 Å². The number of hydrogen-bond acceptors (Lipinski definition) is 3. The van der Waals surface area contributed by atoms with Gasteiger partial charge in [0.05, 0.1) is 11.0 Å². The summed E-state index contributed by atoms with van der Waals surface area (Å²) in [5, 5.41) is 5.84. The summed E-state index contributed by atoms with van der Waals surface area (Å²) in [7, 11) is 0. The maximum atomic E-state index is 13.4. The van der Waals surface area contributed by atoms with E-state index in [-0.39, 0.29) is 23.7 Å². The molecule has 7 heteroatoms. The summed E-state index contributed by atoms with van der Waals surface area (Å²) >= 11 is 0. The number of benzene rings is 3. The Morgan fingerprint density at radius 3 is 2.18 bits per heavy atom. The van der Waals surface area contributed by atoms with Crippen molar-refractivity contribution in [2.75, 3.05) is 5.32 Å². The summed E-state index contributed by atoms with van der Waals surface area (Å²) in [4.78, 5) is 29.9. The van der Waals surface area contributed by atoms with E-state index in [0.29, 0.717) is 22.7 Å². The van der Waals surface area contributed by atoms with Crippen molar-refractivity contribution in [2.45, 2.75) is 33.7 Å². The van der Waals surface area contributed by atoms with Gasteiger partial charge in [-0.25, -0.2) is 9.37 Å². The van der Waals surface area contributed by atoms with Gasteiger partial charge in [0.15, 0.2) is 0 Å². The van der Waals surface area contributed by atoms with Crippen molar-refractivity contribution in [1.82, 2.24) is 14.9 Å². The van der Waals surface area contributed by atoms with Crippen LogP contribution in [-0.2, 0) is 0 Å². The van der Waals surface area contributed by atoms with Crippen LogP contribution >= 0.6 is 0 Å². The summed E-state index contributed by atoms with van der Waals surface area (Å²) in [5.41, 5.74) is 3.84. The van der Waals surface area contributed by atoms with Crippen LogP contribution in [0.3, 0.4) is 0 Å². The molecule has 2 N–H and O–H groups in total. The molecule has 4 aromatic rings. The minimum atomic E-state index is -0.316. The monoisotopic (exact) mass is 458 g/mol. The number of aromatic nitrogens is 2. The number of anilines is 1. The molecule has 3 aromatic carbocycles. The third-order valence-electron chi connectivity index (χ3n) is 5.93. The minimum Gasteiger partial charge on any atom is -0.349 e. The van der Waals surface area contributed by atoms with Crippen molar-refractivity contribution in [1.29, 1.82) is 0 Å². The summed E-state index contributed by atoms with van der Waals surface area (Å²) < 4.78 is 15.3. The molecule has 1 aromatic heterocycles. The molecule has 174 valence electrons. The lowest BCUT2D eigenvalue weighted by molar-refractivity contribution is 0.0930. The molecule has 1 unspecified atom stereocenters. The van der Waals surface area contributed by atoms with Gasteiger partial charge in [-0.15, -0.1) is 0 Å². The van der Waals surface area contributed by atoms with E-state index < -0.39 is 0 Å². The third kappa shape index (κ3) is 4.83. The van der Waals surface area contributed by atoms with Gasteiger partial charge in [-0.2, -0.15) is 0 Å². The first-order valence-corrected chi connectivity index (χ1v) is 11.2. The molecule has 6 nitrogen and oxygen atoms in total. The highest BCUT2D eigenvalue weighted by molar-refractivity contribution is 6.06. The highest BCUT2D eigenvalue weighted by Gasteiger charge is 2.15. The molecule has 4 rings (SSSR count).